The van der Waals surface area contributed by atoms with E-state index in [0.29, 0.717) is 11.0 Å². The lowest BCUT2D eigenvalue weighted by Crippen LogP contribution is -2.16. The smallest absolute Gasteiger partial charge is 0.264 e. The molecule has 19 heavy (non-hydrogen) atoms. The van der Waals surface area contributed by atoms with E-state index in [1.54, 1.807) is 17.9 Å². The molecule has 0 bridgehead atoms. The van der Waals surface area contributed by atoms with Crippen molar-refractivity contribution in [3.63, 3.8) is 0 Å². The van der Waals surface area contributed by atoms with Gasteiger partial charge in [0.15, 0.2) is 5.65 Å². The minimum Gasteiger partial charge on any atom is -0.302 e. The predicted octanol–water partition coefficient (Wildman–Crippen LogP) is 1.74. The Morgan fingerprint density at radius 2 is 2.00 bits per heavy atom. The first-order chi connectivity index (χ1) is 9.09. The Morgan fingerprint density at radius 3 is 2.79 bits per heavy atom. The Morgan fingerprint density at radius 1 is 1.21 bits per heavy atom. The van der Waals surface area contributed by atoms with Gasteiger partial charge in [0, 0.05) is 7.05 Å². The maximum absolute atomic E-state index is 12.0. The second kappa shape index (κ2) is 4.05. The van der Waals surface area contributed by atoms with Gasteiger partial charge in [-0.05, 0) is 31.0 Å². The standard InChI is InChI=1S/C14H14N4O/c1-9-5-4-6-12(10(9)2)18-13-11(7-16-18)14(19)17(3)8-15-13/h4-8H,1-3H3. The van der Waals surface area contributed by atoms with Crippen LogP contribution in [0.3, 0.4) is 0 Å². The van der Waals surface area contributed by atoms with Crippen LogP contribution >= 0.6 is 0 Å². The van der Waals surface area contributed by atoms with E-state index in [4.69, 9.17) is 0 Å². The molecule has 0 fully saturated rings. The van der Waals surface area contributed by atoms with Crippen LogP contribution in [0, 0.1) is 13.8 Å². The fourth-order valence-electron chi connectivity index (χ4n) is 2.14. The van der Waals surface area contributed by atoms with E-state index in [1.807, 2.05) is 19.1 Å². The van der Waals surface area contributed by atoms with E-state index < -0.39 is 0 Å². The SMILES string of the molecule is Cc1cccc(-n2ncc3c(=O)n(C)cnc32)c1C. The Labute approximate surface area is 110 Å². The highest BCUT2D eigenvalue weighted by Gasteiger charge is 2.12. The van der Waals surface area contributed by atoms with Crippen LogP contribution in [-0.2, 0) is 7.05 Å². The van der Waals surface area contributed by atoms with E-state index in [1.165, 1.54) is 16.5 Å². The van der Waals surface area contributed by atoms with Gasteiger partial charge in [-0.2, -0.15) is 5.10 Å². The molecule has 96 valence electrons. The number of fused-ring (bicyclic) bond motifs is 1. The molecule has 0 N–H and O–H groups in total. The average molecular weight is 254 g/mol. The monoisotopic (exact) mass is 254 g/mol. The zero-order valence-electron chi connectivity index (χ0n) is 11.1. The first-order valence-electron chi connectivity index (χ1n) is 6.05. The average Bonchev–Trinajstić information content (AvgIpc) is 2.82. The van der Waals surface area contributed by atoms with Crippen molar-refractivity contribution < 1.29 is 0 Å². The number of hydrogen-bond donors (Lipinski definition) is 0. The van der Waals surface area contributed by atoms with Crippen LogP contribution in [0.5, 0.6) is 0 Å². The lowest BCUT2D eigenvalue weighted by Gasteiger charge is -2.09. The molecule has 5 heteroatoms. The normalized spacial score (nSPS) is 11.1. The van der Waals surface area contributed by atoms with Crippen LogP contribution in [0.4, 0.5) is 0 Å². The fourth-order valence-corrected chi connectivity index (χ4v) is 2.14. The Hall–Kier alpha value is -2.43. The van der Waals surface area contributed by atoms with Gasteiger partial charge < -0.3 is 4.57 Å². The van der Waals surface area contributed by atoms with Gasteiger partial charge in [0.1, 0.15) is 5.39 Å². The minimum atomic E-state index is -0.0819. The minimum absolute atomic E-state index is 0.0819. The molecule has 0 unspecified atom stereocenters. The van der Waals surface area contributed by atoms with E-state index in [2.05, 4.69) is 23.1 Å². The summed E-state index contributed by atoms with van der Waals surface area (Å²) in [5.41, 5.74) is 3.79. The van der Waals surface area contributed by atoms with Gasteiger partial charge in [-0.15, -0.1) is 0 Å². The Kier molecular flexibility index (Phi) is 2.48. The summed E-state index contributed by atoms with van der Waals surface area (Å²) in [7, 11) is 1.68. The number of aryl methyl sites for hydroxylation is 2. The van der Waals surface area contributed by atoms with Crippen molar-refractivity contribution in [1.82, 2.24) is 19.3 Å². The van der Waals surface area contributed by atoms with Crippen LogP contribution < -0.4 is 5.56 Å². The third kappa shape index (κ3) is 1.66. The molecule has 3 rings (SSSR count). The first-order valence-corrected chi connectivity index (χ1v) is 6.05. The highest BCUT2D eigenvalue weighted by molar-refractivity contribution is 5.75. The van der Waals surface area contributed by atoms with E-state index in [-0.39, 0.29) is 5.56 Å². The summed E-state index contributed by atoms with van der Waals surface area (Å²) in [6.07, 6.45) is 3.10. The summed E-state index contributed by atoms with van der Waals surface area (Å²) in [5, 5.41) is 4.84. The van der Waals surface area contributed by atoms with Gasteiger partial charge >= 0.3 is 0 Å². The molecule has 5 nitrogen and oxygen atoms in total. The maximum atomic E-state index is 12.0. The van der Waals surface area contributed by atoms with Crippen molar-refractivity contribution in [3.05, 3.63) is 52.2 Å². The van der Waals surface area contributed by atoms with Crippen LogP contribution in [0.1, 0.15) is 11.1 Å². The molecule has 0 aliphatic rings. The van der Waals surface area contributed by atoms with E-state index >= 15 is 0 Å². The lowest BCUT2D eigenvalue weighted by molar-refractivity contribution is 0.830. The molecule has 2 aromatic heterocycles. The summed E-state index contributed by atoms with van der Waals surface area (Å²) >= 11 is 0. The molecular weight excluding hydrogens is 240 g/mol. The highest BCUT2D eigenvalue weighted by Crippen LogP contribution is 2.19. The Balaban J connectivity index is 2.36. The van der Waals surface area contributed by atoms with Gasteiger partial charge in [-0.1, -0.05) is 12.1 Å². The number of rotatable bonds is 1. The fraction of sp³-hybridized carbons (Fsp3) is 0.214. The molecule has 0 saturated carbocycles. The molecular formula is C14H14N4O. The number of hydrogen-bond acceptors (Lipinski definition) is 3. The molecule has 0 radical (unpaired) electrons. The third-order valence-electron chi connectivity index (χ3n) is 3.45. The maximum Gasteiger partial charge on any atom is 0.264 e. The van der Waals surface area contributed by atoms with Gasteiger partial charge in [-0.25, -0.2) is 9.67 Å². The largest absolute Gasteiger partial charge is 0.302 e. The second-order valence-corrected chi connectivity index (χ2v) is 4.67. The highest BCUT2D eigenvalue weighted by atomic mass is 16.1. The number of aromatic nitrogens is 4. The zero-order valence-corrected chi connectivity index (χ0v) is 11.1. The van der Waals surface area contributed by atoms with Crippen molar-refractivity contribution in [2.45, 2.75) is 13.8 Å². The molecule has 0 atom stereocenters. The quantitative estimate of drug-likeness (QED) is 0.664. The van der Waals surface area contributed by atoms with E-state index in [0.717, 1.165) is 11.3 Å². The van der Waals surface area contributed by atoms with Crippen LogP contribution in [-0.4, -0.2) is 19.3 Å². The summed E-state index contributed by atoms with van der Waals surface area (Å²) < 4.78 is 3.18. The molecule has 0 spiro atoms. The van der Waals surface area contributed by atoms with Gasteiger partial charge in [-0.3, -0.25) is 4.79 Å². The van der Waals surface area contributed by atoms with Crippen LogP contribution in [0.25, 0.3) is 16.7 Å². The van der Waals surface area contributed by atoms with Crippen molar-refractivity contribution in [2.75, 3.05) is 0 Å². The topological polar surface area (TPSA) is 52.7 Å². The molecule has 0 saturated heterocycles. The van der Waals surface area contributed by atoms with Gasteiger partial charge in [0.2, 0.25) is 0 Å². The van der Waals surface area contributed by atoms with Crippen molar-refractivity contribution >= 4 is 11.0 Å². The summed E-state index contributed by atoms with van der Waals surface area (Å²) in [6, 6.07) is 6.01. The molecule has 0 aliphatic heterocycles. The summed E-state index contributed by atoms with van der Waals surface area (Å²) in [6.45, 7) is 4.09. The molecule has 3 aromatic rings. The molecule has 2 heterocycles. The third-order valence-corrected chi connectivity index (χ3v) is 3.45. The van der Waals surface area contributed by atoms with Gasteiger partial charge in [0.25, 0.3) is 5.56 Å². The van der Waals surface area contributed by atoms with Crippen molar-refractivity contribution in [2.24, 2.45) is 7.05 Å². The molecule has 1 aromatic carbocycles. The Bertz CT molecular complexity index is 829. The molecule has 0 amide bonds. The zero-order chi connectivity index (χ0) is 13.6. The first kappa shape index (κ1) is 11.6. The second-order valence-electron chi connectivity index (χ2n) is 4.67. The van der Waals surface area contributed by atoms with Crippen molar-refractivity contribution in [3.8, 4) is 5.69 Å². The molecule has 0 aliphatic carbocycles. The van der Waals surface area contributed by atoms with Crippen molar-refractivity contribution in [1.29, 1.82) is 0 Å². The number of nitrogens with zero attached hydrogens (tertiary/aromatic N) is 4. The lowest BCUT2D eigenvalue weighted by atomic mass is 10.1. The van der Waals surface area contributed by atoms with Gasteiger partial charge in [0.05, 0.1) is 18.2 Å². The summed E-state index contributed by atoms with van der Waals surface area (Å²) in [5.74, 6) is 0. The summed E-state index contributed by atoms with van der Waals surface area (Å²) in [4.78, 5) is 16.3. The van der Waals surface area contributed by atoms with Crippen LogP contribution in [0.2, 0.25) is 0 Å². The van der Waals surface area contributed by atoms with E-state index in [9.17, 15) is 4.79 Å². The van der Waals surface area contributed by atoms with Crippen LogP contribution in [0.15, 0.2) is 35.5 Å². The predicted molar refractivity (Wildman–Crippen MR) is 73.6 cm³/mol. The number of benzene rings is 1.